The Morgan fingerprint density at radius 1 is 1.39 bits per heavy atom. The summed E-state index contributed by atoms with van der Waals surface area (Å²) in [6, 6.07) is 5.81. The van der Waals surface area contributed by atoms with Crippen LogP contribution in [0.15, 0.2) is 18.2 Å². The van der Waals surface area contributed by atoms with Crippen molar-refractivity contribution in [2.75, 3.05) is 12.4 Å². The number of benzene rings is 1. The van der Waals surface area contributed by atoms with E-state index in [2.05, 4.69) is 20.8 Å². The van der Waals surface area contributed by atoms with Gasteiger partial charge in [0, 0.05) is 0 Å². The van der Waals surface area contributed by atoms with Gasteiger partial charge < -0.3 is 4.74 Å². The second kappa shape index (κ2) is 7.47. The molecular weight excluding hydrogens is 244 g/mol. The van der Waals surface area contributed by atoms with Crippen molar-refractivity contribution in [2.45, 2.75) is 39.4 Å². The minimum Gasteiger partial charge on any atom is -0.493 e. The Morgan fingerprint density at radius 3 is 2.72 bits per heavy atom. The molecule has 2 nitrogen and oxygen atoms in total. The molecule has 0 saturated heterocycles. The van der Waals surface area contributed by atoms with Crippen LogP contribution in [0.5, 0.6) is 5.75 Å². The Balaban J connectivity index is 2.83. The van der Waals surface area contributed by atoms with E-state index in [0.717, 1.165) is 23.3 Å². The molecule has 0 N–H and O–H groups in total. The second-order valence-corrected chi connectivity index (χ2v) is 6.20. The molecule has 0 aliphatic heterocycles. The third-order valence-corrected chi connectivity index (χ3v) is 3.54. The first-order valence-electron chi connectivity index (χ1n) is 6.42. The molecule has 0 saturated carbocycles. The molecule has 0 radical (unpaired) electrons. The van der Waals surface area contributed by atoms with Gasteiger partial charge in [0.15, 0.2) is 5.78 Å². The molecule has 0 aromatic heterocycles. The summed E-state index contributed by atoms with van der Waals surface area (Å²) < 4.78 is 5.64. The van der Waals surface area contributed by atoms with Gasteiger partial charge in [-0.3, -0.25) is 4.79 Å². The number of Topliss-reactive ketones (excluding diaryl/α,β-unsaturated/α-hetero) is 1. The van der Waals surface area contributed by atoms with Crippen LogP contribution in [0.3, 0.4) is 0 Å². The Labute approximate surface area is 114 Å². The minimum absolute atomic E-state index is 0.156. The van der Waals surface area contributed by atoms with Gasteiger partial charge in [0.1, 0.15) is 5.75 Å². The lowest BCUT2D eigenvalue weighted by atomic mass is 10.1. The molecule has 0 aliphatic rings. The SMILES string of the molecule is CCCOc1ccc(C)cc1C(=O)CSC(C)C. The largest absolute Gasteiger partial charge is 0.493 e. The fourth-order valence-corrected chi connectivity index (χ4v) is 2.16. The van der Waals surface area contributed by atoms with Gasteiger partial charge in [-0.15, -0.1) is 0 Å². The van der Waals surface area contributed by atoms with E-state index in [1.807, 2.05) is 25.1 Å². The summed E-state index contributed by atoms with van der Waals surface area (Å²) >= 11 is 1.67. The smallest absolute Gasteiger partial charge is 0.176 e. The zero-order chi connectivity index (χ0) is 13.5. The Morgan fingerprint density at radius 2 is 2.11 bits per heavy atom. The van der Waals surface area contributed by atoms with Crippen molar-refractivity contribution in [1.29, 1.82) is 0 Å². The number of hydrogen-bond donors (Lipinski definition) is 0. The monoisotopic (exact) mass is 266 g/mol. The van der Waals surface area contributed by atoms with E-state index in [1.165, 1.54) is 0 Å². The second-order valence-electron chi connectivity index (χ2n) is 4.63. The molecule has 0 atom stereocenters. The van der Waals surface area contributed by atoms with Crippen LogP contribution in [0.4, 0.5) is 0 Å². The summed E-state index contributed by atoms with van der Waals surface area (Å²) in [7, 11) is 0. The Bertz CT molecular complexity index is 399. The van der Waals surface area contributed by atoms with Gasteiger partial charge in [0.2, 0.25) is 0 Å². The van der Waals surface area contributed by atoms with E-state index >= 15 is 0 Å². The van der Waals surface area contributed by atoms with Gasteiger partial charge in [-0.05, 0) is 30.7 Å². The van der Waals surface area contributed by atoms with Crippen molar-refractivity contribution in [2.24, 2.45) is 0 Å². The molecule has 18 heavy (non-hydrogen) atoms. The lowest BCUT2D eigenvalue weighted by Gasteiger charge is -2.11. The lowest BCUT2D eigenvalue weighted by Crippen LogP contribution is -2.08. The van der Waals surface area contributed by atoms with Crippen LogP contribution in [-0.4, -0.2) is 23.4 Å². The van der Waals surface area contributed by atoms with Crippen LogP contribution in [0.2, 0.25) is 0 Å². The predicted octanol–water partition coefficient (Wildman–Crippen LogP) is 4.11. The molecule has 0 fully saturated rings. The molecule has 0 bridgehead atoms. The maximum Gasteiger partial charge on any atom is 0.176 e. The van der Waals surface area contributed by atoms with Crippen molar-refractivity contribution >= 4 is 17.5 Å². The average Bonchev–Trinajstić information content (AvgIpc) is 2.34. The molecular formula is C15H22O2S. The highest BCUT2D eigenvalue weighted by molar-refractivity contribution is 8.00. The fraction of sp³-hybridized carbons (Fsp3) is 0.533. The van der Waals surface area contributed by atoms with Crippen LogP contribution < -0.4 is 4.74 Å². The van der Waals surface area contributed by atoms with Crippen molar-refractivity contribution < 1.29 is 9.53 Å². The van der Waals surface area contributed by atoms with E-state index in [4.69, 9.17) is 4.74 Å². The van der Waals surface area contributed by atoms with Crippen LogP contribution in [0.25, 0.3) is 0 Å². The van der Waals surface area contributed by atoms with E-state index in [1.54, 1.807) is 11.8 Å². The third-order valence-electron chi connectivity index (χ3n) is 2.44. The quantitative estimate of drug-likeness (QED) is 0.695. The van der Waals surface area contributed by atoms with Crippen LogP contribution in [0.1, 0.15) is 43.1 Å². The maximum absolute atomic E-state index is 12.2. The summed E-state index contributed by atoms with van der Waals surface area (Å²) in [6.07, 6.45) is 0.947. The van der Waals surface area contributed by atoms with Crippen molar-refractivity contribution in [1.82, 2.24) is 0 Å². The van der Waals surface area contributed by atoms with Crippen molar-refractivity contribution in [3.05, 3.63) is 29.3 Å². The predicted molar refractivity (Wildman–Crippen MR) is 78.9 cm³/mol. The lowest BCUT2D eigenvalue weighted by molar-refractivity contribution is 0.101. The first-order valence-corrected chi connectivity index (χ1v) is 7.47. The summed E-state index contributed by atoms with van der Waals surface area (Å²) in [5.41, 5.74) is 1.81. The van der Waals surface area contributed by atoms with Gasteiger partial charge in [0.05, 0.1) is 17.9 Å². The number of ketones is 1. The summed E-state index contributed by atoms with van der Waals surface area (Å²) in [5, 5.41) is 0.471. The normalized spacial score (nSPS) is 10.7. The number of aryl methyl sites for hydroxylation is 1. The van der Waals surface area contributed by atoms with Crippen LogP contribution in [0, 0.1) is 6.92 Å². The first-order chi connectivity index (χ1) is 8.54. The summed E-state index contributed by atoms with van der Waals surface area (Å²) in [6.45, 7) is 8.91. The van der Waals surface area contributed by atoms with Gasteiger partial charge in [0.25, 0.3) is 0 Å². The van der Waals surface area contributed by atoms with E-state index in [9.17, 15) is 4.79 Å². The number of thioether (sulfide) groups is 1. The molecule has 0 unspecified atom stereocenters. The number of ether oxygens (including phenoxy) is 1. The van der Waals surface area contributed by atoms with E-state index < -0.39 is 0 Å². The molecule has 3 heteroatoms. The number of carbonyl (C=O) groups excluding carboxylic acids is 1. The summed E-state index contributed by atoms with van der Waals surface area (Å²) in [4.78, 5) is 12.2. The highest BCUT2D eigenvalue weighted by atomic mass is 32.2. The van der Waals surface area contributed by atoms with Gasteiger partial charge in [-0.2, -0.15) is 11.8 Å². The first kappa shape index (κ1) is 15.1. The standard InChI is InChI=1S/C15H22O2S/c1-5-8-17-15-7-6-12(4)9-13(15)14(16)10-18-11(2)3/h6-7,9,11H,5,8,10H2,1-4H3. The van der Waals surface area contributed by atoms with Crippen LogP contribution >= 0.6 is 11.8 Å². The highest BCUT2D eigenvalue weighted by Crippen LogP contribution is 2.23. The Kier molecular flexibility index (Phi) is 6.27. The van der Waals surface area contributed by atoms with Crippen molar-refractivity contribution in [3.8, 4) is 5.75 Å². The minimum atomic E-state index is 0.156. The molecule has 1 rings (SSSR count). The zero-order valence-corrected chi connectivity index (χ0v) is 12.5. The molecule has 0 aliphatic carbocycles. The molecule has 100 valence electrons. The third kappa shape index (κ3) is 4.73. The topological polar surface area (TPSA) is 26.3 Å². The van der Waals surface area contributed by atoms with Gasteiger partial charge in [-0.25, -0.2) is 0 Å². The van der Waals surface area contributed by atoms with Gasteiger partial charge >= 0.3 is 0 Å². The van der Waals surface area contributed by atoms with Crippen LogP contribution in [-0.2, 0) is 0 Å². The molecule has 0 heterocycles. The molecule has 0 amide bonds. The maximum atomic E-state index is 12.2. The highest BCUT2D eigenvalue weighted by Gasteiger charge is 2.13. The number of hydrogen-bond acceptors (Lipinski definition) is 3. The zero-order valence-electron chi connectivity index (χ0n) is 11.7. The number of carbonyl (C=O) groups is 1. The van der Waals surface area contributed by atoms with E-state index in [0.29, 0.717) is 17.6 Å². The molecule has 0 spiro atoms. The number of rotatable bonds is 7. The van der Waals surface area contributed by atoms with E-state index in [-0.39, 0.29) is 5.78 Å². The Hall–Kier alpha value is -0.960. The fourth-order valence-electron chi connectivity index (χ4n) is 1.52. The molecule has 1 aromatic carbocycles. The van der Waals surface area contributed by atoms with Crippen molar-refractivity contribution in [3.63, 3.8) is 0 Å². The summed E-state index contributed by atoms with van der Waals surface area (Å²) in [5.74, 6) is 1.39. The average molecular weight is 266 g/mol. The van der Waals surface area contributed by atoms with Gasteiger partial charge in [-0.1, -0.05) is 32.4 Å². The molecule has 1 aromatic rings.